The van der Waals surface area contributed by atoms with E-state index in [4.69, 9.17) is 23.2 Å². The number of nitrogens with zero attached hydrogens (tertiary/aromatic N) is 3. The molecule has 0 fully saturated rings. The highest BCUT2D eigenvalue weighted by atomic mass is 127. The van der Waals surface area contributed by atoms with Crippen LogP contribution in [0.2, 0.25) is 10.0 Å². The molecule has 0 bridgehead atoms. The average Bonchev–Trinajstić information content (AvgIpc) is 3.19. The molecule has 1 atom stereocenters. The van der Waals surface area contributed by atoms with Crippen LogP contribution in [0.1, 0.15) is 29.7 Å². The molecule has 2 N–H and O–H groups in total. The summed E-state index contributed by atoms with van der Waals surface area (Å²) < 4.78 is 2.04. The van der Waals surface area contributed by atoms with Crippen molar-refractivity contribution in [2.45, 2.75) is 26.1 Å². The number of aliphatic imine (C=N–C) groups is 1. The molecule has 0 spiro atoms. The molecule has 1 aromatic heterocycles. The smallest absolute Gasteiger partial charge is 0.191 e. The van der Waals surface area contributed by atoms with E-state index >= 15 is 0 Å². The van der Waals surface area contributed by atoms with Gasteiger partial charge in [-0.25, -0.2) is 4.98 Å². The predicted molar refractivity (Wildman–Crippen MR) is 131 cm³/mol. The topological polar surface area (TPSA) is 54.2 Å². The molecule has 0 aliphatic carbocycles. The SMILES string of the molecule is CN=C(NCc1ccc(Cn2ccnc2)cc1)NC(C)c1ccc(Cl)cc1Cl.I. The van der Waals surface area contributed by atoms with E-state index in [9.17, 15) is 0 Å². The van der Waals surface area contributed by atoms with E-state index in [1.165, 1.54) is 11.1 Å². The normalized spacial score (nSPS) is 12.2. The first-order valence-corrected chi connectivity index (χ1v) is 9.76. The first-order valence-electron chi connectivity index (χ1n) is 9.01. The fourth-order valence-electron chi connectivity index (χ4n) is 2.87. The van der Waals surface area contributed by atoms with Gasteiger partial charge in [0.25, 0.3) is 0 Å². The van der Waals surface area contributed by atoms with Crippen molar-refractivity contribution < 1.29 is 0 Å². The number of benzene rings is 2. The van der Waals surface area contributed by atoms with Crippen molar-refractivity contribution in [1.29, 1.82) is 0 Å². The molecular formula is C21H24Cl2IN5. The van der Waals surface area contributed by atoms with Crippen LogP contribution in [-0.2, 0) is 13.1 Å². The molecule has 3 rings (SSSR count). The first-order chi connectivity index (χ1) is 13.5. The van der Waals surface area contributed by atoms with Crippen LogP contribution in [0.4, 0.5) is 0 Å². The number of hydrogen-bond donors (Lipinski definition) is 2. The third-order valence-corrected chi connectivity index (χ3v) is 4.98. The van der Waals surface area contributed by atoms with E-state index in [0.29, 0.717) is 22.5 Å². The molecule has 0 saturated carbocycles. The average molecular weight is 544 g/mol. The lowest BCUT2D eigenvalue weighted by atomic mass is 10.1. The molecule has 0 saturated heterocycles. The second kappa shape index (κ2) is 11.4. The van der Waals surface area contributed by atoms with E-state index < -0.39 is 0 Å². The van der Waals surface area contributed by atoms with Crippen LogP contribution in [0.15, 0.2) is 66.2 Å². The minimum Gasteiger partial charge on any atom is -0.352 e. The van der Waals surface area contributed by atoms with Gasteiger partial charge in [-0.2, -0.15) is 0 Å². The highest BCUT2D eigenvalue weighted by Crippen LogP contribution is 2.26. The summed E-state index contributed by atoms with van der Waals surface area (Å²) in [6.45, 7) is 3.52. The zero-order chi connectivity index (χ0) is 19.9. The second-order valence-corrected chi connectivity index (χ2v) is 7.35. The number of hydrogen-bond acceptors (Lipinski definition) is 2. The summed E-state index contributed by atoms with van der Waals surface area (Å²) in [5.41, 5.74) is 3.38. The quantitative estimate of drug-likeness (QED) is 0.252. The van der Waals surface area contributed by atoms with E-state index in [-0.39, 0.29) is 30.0 Å². The summed E-state index contributed by atoms with van der Waals surface area (Å²) in [6.07, 6.45) is 5.56. The summed E-state index contributed by atoms with van der Waals surface area (Å²) in [5.74, 6) is 0.709. The minimum absolute atomic E-state index is 0. The monoisotopic (exact) mass is 543 g/mol. The van der Waals surface area contributed by atoms with Gasteiger partial charge in [-0.15, -0.1) is 24.0 Å². The molecule has 1 heterocycles. The third kappa shape index (κ3) is 6.90. The van der Waals surface area contributed by atoms with Crippen LogP contribution in [0.25, 0.3) is 0 Å². The Hall–Kier alpha value is -1.77. The Balaban J connectivity index is 0.00000300. The van der Waals surface area contributed by atoms with Crippen LogP contribution in [0.5, 0.6) is 0 Å². The molecule has 0 amide bonds. The molecule has 29 heavy (non-hydrogen) atoms. The van der Waals surface area contributed by atoms with Gasteiger partial charge in [-0.3, -0.25) is 4.99 Å². The van der Waals surface area contributed by atoms with Crippen molar-refractivity contribution in [2.75, 3.05) is 7.05 Å². The summed E-state index contributed by atoms with van der Waals surface area (Å²) in [7, 11) is 1.75. The van der Waals surface area contributed by atoms with Crippen LogP contribution in [0, 0.1) is 0 Å². The van der Waals surface area contributed by atoms with Crippen molar-refractivity contribution in [1.82, 2.24) is 20.2 Å². The van der Waals surface area contributed by atoms with Crippen molar-refractivity contribution >= 4 is 53.1 Å². The zero-order valence-electron chi connectivity index (χ0n) is 16.3. The van der Waals surface area contributed by atoms with Gasteiger partial charge in [-0.05, 0) is 35.7 Å². The summed E-state index contributed by atoms with van der Waals surface area (Å²) in [6, 6.07) is 14.0. The van der Waals surface area contributed by atoms with Crippen molar-refractivity contribution in [3.8, 4) is 0 Å². The Kier molecular flexibility index (Phi) is 9.26. The first kappa shape index (κ1) is 23.5. The van der Waals surface area contributed by atoms with E-state index in [2.05, 4.69) is 44.9 Å². The minimum atomic E-state index is -0.00600. The van der Waals surface area contributed by atoms with Gasteiger partial charge in [0.2, 0.25) is 0 Å². The van der Waals surface area contributed by atoms with Crippen molar-refractivity contribution in [3.63, 3.8) is 0 Å². The van der Waals surface area contributed by atoms with Crippen LogP contribution >= 0.6 is 47.2 Å². The lowest BCUT2D eigenvalue weighted by Gasteiger charge is -2.19. The van der Waals surface area contributed by atoms with E-state index in [1.807, 2.05) is 36.1 Å². The predicted octanol–water partition coefficient (Wildman–Crippen LogP) is 5.28. The molecule has 1 unspecified atom stereocenters. The maximum atomic E-state index is 6.30. The fourth-order valence-corrected chi connectivity index (χ4v) is 3.44. The maximum Gasteiger partial charge on any atom is 0.191 e. The molecule has 0 aliphatic heterocycles. The number of aromatic nitrogens is 2. The molecule has 3 aromatic rings. The summed E-state index contributed by atoms with van der Waals surface area (Å²) in [4.78, 5) is 8.37. The Morgan fingerprint density at radius 1 is 1.14 bits per heavy atom. The maximum absolute atomic E-state index is 6.30. The molecule has 154 valence electrons. The standard InChI is InChI=1S/C21H23Cl2N5.HI/c1-15(19-8-7-18(22)11-20(19)23)27-21(24-2)26-12-16-3-5-17(6-4-16)13-28-10-9-25-14-28;/h3-11,14-15H,12-13H2,1-2H3,(H2,24,26,27);1H. The molecule has 5 nitrogen and oxygen atoms in total. The van der Waals surface area contributed by atoms with Crippen molar-refractivity contribution in [2.24, 2.45) is 4.99 Å². The lowest BCUT2D eigenvalue weighted by Crippen LogP contribution is -2.38. The molecule has 0 radical (unpaired) electrons. The van der Waals surface area contributed by atoms with Gasteiger partial charge in [-0.1, -0.05) is 53.5 Å². The van der Waals surface area contributed by atoms with Gasteiger partial charge in [0.1, 0.15) is 0 Å². The third-order valence-electron chi connectivity index (χ3n) is 4.41. The number of imidazole rings is 1. The number of rotatable bonds is 6. The van der Waals surface area contributed by atoms with E-state index in [1.54, 1.807) is 19.3 Å². The molecule has 2 aromatic carbocycles. The zero-order valence-corrected chi connectivity index (χ0v) is 20.1. The number of nitrogens with one attached hydrogen (secondary N) is 2. The van der Waals surface area contributed by atoms with Gasteiger partial charge in [0.05, 0.1) is 12.4 Å². The fraction of sp³-hybridized carbons (Fsp3) is 0.238. The molecular weight excluding hydrogens is 520 g/mol. The Morgan fingerprint density at radius 2 is 1.86 bits per heavy atom. The summed E-state index contributed by atoms with van der Waals surface area (Å²) >= 11 is 12.3. The Morgan fingerprint density at radius 3 is 2.48 bits per heavy atom. The Bertz CT molecular complexity index is 927. The summed E-state index contributed by atoms with van der Waals surface area (Å²) in [5, 5.41) is 7.95. The van der Waals surface area contributed by atoms with E-state index in [0.717, 1.165) is 12.1 Å². The number of halogens is 3. The molecule has 0 aliphatic rings. The van der Waals surface area contributed by atoms with Crippen molar-refractivity contribution in [3.05, 3.63) is 87.9 Å². The molecule has 8 heteroatoms. The van der Waals surface area contributed by atoms with Crippen LogP contribution in [-0.4, -0.2) is 22.6 Å². The van der Waals surface area contributed by atoms with Crippen LogP contribution < -0.4 is 10.6 Å². The second-order valence-electron chi connectivity index (χ2n) is 6.51. The van der Waals surface area contributed by atoms with Gasteiger partial charge in [0.15, 0.2) is 5.96 Å². The van der Waals surface area contributed by atoms with Gasteiger partial charge < -0.3 is 15.2 Å². The lowest BCUT2D eigenvalue weighted by molar-refractivity contribution is 0.685. The highest BCUT2D eigenvalue weighted by molar-refractivity contribution is 14.0. The van der Waals surface area contributed by atoms with Gasteiger partial charge in [0, 0.05) is 42.6 Å². The Labute approximate surface area is 198 Å². The largest absolute Gasteiger partial charge is 0.352 e. The van der Waals surface area contributed by atoms with Gasteiger partial charge >= 0.3 is 0 Å². The highest BCUT2D eigenvalue weighted by Gasteiger charge is 2.11. The van der Waals surface area contributed by atoms with Crippen LogP contribution in [0.3, 0.4) is 0 Å². The number of guanidine groups is 1.